The molecule has 0 bridgehead atoms. The third-order valence-corrected chi connectivity index (χ3v) is 4.85. The summed E-state index contributed by atoms with van der Waals surface area (Å²) in [6.07, 6.45) is 5.07. The van der Waals surface area contributed by atoms with E-state index in [1.165, 1.54) is 25.0 Å². The number of hydrogen-bond acceptors (Lipinski definition) is 3. The van der Waals surface area contributed by atoms with Gasteiger partial charge in [0.05, 0.1) is 19.3 Å². The molecule has 3 rings (SSSR count). The second kappa shape index (κ2) is 9.35. The molecular weight excluding hydrogens is 331 g/mol. The number of carbonyl (C=O) groups is 1. The van der Waals surface area contributed by atoms with Gasteiger partial charge in [0.15, 0.2) is 0 Å². The van der Waals surface area contributed by atoms with E-state index in [-0.39, 0.29) is 36.2 Å². The van der Waals surface area contributed by atoms with Gasteiger partial charge < -0.3 is 15.4 Å². The zero-order valence-electron chi connectivity index (χ0n) is 13.8. The monoisotopic (exact) mass is 356 g/mol. The molecule has 2 atom stereocenters. The standard InChI is InChI=1S/C18H25FN2O2.ClH/c19-15-7-5-14(6-8-15)18(13-3-1-2-4-13)21-17(22)11-16-12-23-10-9-20-16;/h5-8,13,16,18,20H,1-4,9-12H2,(H,21,22);1H. The largest absolute Gasteiger partial charge is 0.378 e. The molecule has 0 radical (unpaired) electrons. The first kappa shape index (κ1) is 19.2. The number of benzene rings is 1. The van der Waals surface area contributed by atoms with E-state index < -0.39 is 0 Å². The SMILES string of the molecule is Cl.O=C(CC1COCCN1)NC(c1ccc(F)cc1)C1CCCC1. The molecular formula is C18H26ClFN2O2. The van der Waals surface area contributed by atoms with E-state index >= 15 is 0 Å². The van der Waals surface area contributed by atoms with Crippen molar-refractivity contribution in [1.82, 2.24) is 10.6 Å². The Balaban J connectivity index is 0.00000208. The Labute approximate surface area is 148 Å². The summed E-state index contributed by atoms with van der Waals surface area (Å²) >= 11 is 0. The molecule has 2 fully saturated rings. The first-order valence-electron chi connectivity index (χ1n) is 8.58. The molecule has 1 saturated heterocycles. The summed E-state index contributed by atoms with van der Waals surface area (Å²) in [7, 11) is 0. The van der Waals surface area contributed by atoms with Crippen LogP contribution >= 0.6 is 12.4 Å². The normalized spacial score (nSPS) is 22.6. The summed E-state index contributed by atoms with van der Waals surface area (Å²) in [4.78, 5) is 12.4. The van der Waals surface area contributed by atoms with E-state index in [2.05, 4.69) is 10.6 Å². The summed E-state index contributed by atoms with van der Waals surface area (Å²) in [6.45, 7) is 2.08. The van der Waals surface area contributed by atoms with Crippen LogP contribution in [0.25, 0.3) is 0 Å². The van der Waals surface area contributed by atoms with Gasteiger partial charge in [0.25, 0.3) is 0 Å². The molecule has 1 saturated carbocycles. The molecule has 6 heteroatoms. The molecule has 1 aromatic carbocycles. The molecule has 1 aliphatic carbocycles. The molecule has 2 N–H and O–H groups in total. The lowest BCUT2D eigenvalue weighted by Crippen LogP contribution is -2.45. The second-order valence-electron chi connectivity index (χ2n) is 6.57. The second-order valence-corrected chi connectivity index (χ2v) is 6.57. The van der Waals surface area contributed by atoms with E-state index in [1.54, 1.807) is 12.1 Å². The number of morpholine rings is 1. The van der Waals surface area contributed by atoms with Crippen LogP contribution in [0.4, 0.5) is 4.39 Å². The highest BCUT2D eigenvalue weighted by Gasteiger charge is 2.28. The van der Waals surface area contributed by atoms with Gasteiger partial charge in [-0.15, -0.1) is 12.4 Å². The maximum absolute atomic E-state index is 13.2. The Hall–Kier alpha value is -1.17. The van der Waals surface area contributed by atoms with Crippen LogP contribution in [-0.4, -0.2) is 31.7 Å². The third kappa shape index (κ3) is 5.16. The summed E-state index contributed by atoms with van der Waals surface area (Å²) in [5.74, 6) is 0.239. The molecule has 1 amide bonds. The minimum Gasteiger partial charge on any atom is -0.378 e. The zero-order chi connectivity index (χ0) is 16.1. The first-order valence-corrected chi connectivity index (χ1v) is 8.58. The summed E-state index contributed by atoms with van der Waals surface area (Å²) in [5, 5.41) is 6.49. The number of carbonyl (C=O) groups excluding carboxylic acids is 1. The number of hydrogen-bond donors (Lipinski definition) is 2. The summed E-state index contributed by atoms with van der Waals surface area (Å²) < 4.78 is 18.6. The Morgan fingerprint density at radius 1 is 1.29 bits per heavy atom. The Kier molecular flexibility index (Phi) is 7.46. The Morgan fingerprint density at radius 3 is 2.62 bits per heavy atom. The molecule has 4 nitrogen and oxygen atoms in total. The van der Waals surface area contributed by atoms with Crippen molar-refractivity contribution in [2.75, 3.05) is 19.8 Å². The molecule has 24 heavy (non-hydrogen) atoms. The van der Waals surface area contributed by atoms with Crippen LogP contribution < -0.4 is 10.6 Å². The molecule has 2 unspecified atom stereocenters. The molecule has 1 heterocycles. The molecule has 2 aliphatic rings. The maximum Gasteiger partial charge on any atom is 0.222 e. The van der Waals surface area contributed by atoms with Gasteiger partial charge in [0.1, 0.15) is 5.82 Å². The number of rotatable bonds is 5. The number of amides is 1. The highest BCUT2D eigenvalue weighted by molar-refractivity contribution is 5.85. The highest BCUT2D eigenvalue weighted by Crippen LogP contribution is 2.35. The lowest BCUT2D eigenvalue weighted by Gasteiger charge is -2.28. The average Bonchev–Trinajstić information content (AvgIpc) is 3.09. The van der Waals surface area contributed by atoms with Crippen LogP contribution in [0.1, 0.15) is 43.7 Å². The average molecular weight is 357 g/mol. The van der Waals surface area contributed by atoms with Crippen LogP contribution in [0.2, 0.25) is 0 Å². The highest BCUT2D eigenvalue weighted by atomic mass is 35.5. The van der Waals surface area contributed by atoms with Crippen LogP contribution in [0.15, 0.2) is 24.3 Å². The topological polar surface area (TPSA) is 50.4 Å². The van der Waals surface area contributed by atoms with Crippen molar-refractivity contribution in [1.29, 1.82) is 0 Å². The summed E-state index contributed by atoms with van der Waals surface area (Å²) in [5.41, 5.74) is 1.000. The smallest absolute Gasteiger partial charge is 0.222 e. The van der Waals surface area contributed by atoms with Gasteiger partial charge in [-0.1, -0.05) is 25.0 Å². The predicted octanol–water partition coefficient (Wildman–Crippen LogP) is 2.97. The van der Waals surface area contributed by atoms with Crippen LogP contribution in [-0.2, 0) is 9.53 Å². The number of ether oxygens (including phenoxy) is 1. The van der Waals surface area contributed by atoms with Gasteiger partial charge in [0, 0.05) is 19.0 Å². The van der Waals surface area contributed by atoms with E-state index in [9.17, 15) is 9.18 Å². The van der Waals surface area contributed by atoms with Crippen LogP contribution in [0.3, 0.4) is 0 Å². The van der Waals surface area contributed by atoms with E-state index in [0.717, 1.165) is 24.9 Å². The minimum absolute atomic E-state index is 0. The Bertz CT molecular complexity index is 514. The van der Waals surface area contributed by atoms with E-state index in [1.807, 2.05) is 0 Å². The molecule has 134 valence electrons. The number of nitrogens with one attached hydrogen (secondary N) is 2. The van der Waals surface area contributed by atoms with Gasteiger partial charge in [-0.2, -0.15) is 0 Å². The fraction of sp³-hybridized carbons (Fsp3) is 0.611. The van der Waals surface area contributed by atoms with Crippen molar-refractivity contribution in [2.45, 2.75) is 44.2 Å². The Morgan fingerprint density at radius 2 is 2.00 bits per heavy atom. The first-order chi connectivity index (χ1) is 11.2. The number of halogens is 2. The van der Waals surface area contributed by atoms with Crippen LogP contribution in [0, 0.1) is 11.7 Å². The van der Waals surface area contributed by atoms with Gasteiger partial charge >= 0.3 is 0 Å². The fourth-order valence-electron chi connectivity index (χ4n) is 3.64. The minimum atomic E-state index is -0.242. The summed E-state index contributed by atoms with van der Waals surface area (Å²) in [6, 6.07) is 6.59. The van der Waals surface area contributed by atoms with Crippen molar-refractivity contribution in [2.24, 2.45) is 5.92 Å². The lowest BCUT2D eigenvalue weighted by molar-refractivity contribution is -0.123. The quantitative estimate of drug-likeness (QED) is 0.852. The lowest BCUT2D eigenvalue weighted by atomic mass is 9.91. The fourth-order valence-corrected chi connectivity index (χ4v) is 3.64. The van der Waals surface area contributed by atoms with Crippen molar-refractivity contribution >= 4 is 18.3 Å². The van der Waals surface area contributed by atoms with E-state index in [4.69, 9.17) is 4.74 Å². The van der Waals surface area contributed by atoms with Crippen molar-refractivity contribution in [3.8, 4) is 0 Å². The third-order valence-electron chi connectivity index (χ3n) is 4.85. The van der Waals surface area contributed by atoms with Crippen LogP contribution in [0.5, 0.6) is 0 Å². The van der Waals surface area contributed by atoms with Crippen molar-refractivity contribution in [3.63, 3.8) is 0 Å². The van der Waals surface area contributed by atoms with Gasteiger partial charge in [-0.05, 0) is 36.5 Å². The molecule has 1 aliphatic heterocycles. The molecule has 0 aromatic heterocycles. The van der Waals surface area contributed by atoms with Gasteiger partial charge in [0.2, 0.25) is 5.91 Å². The zero-order valence-corrected chi connectivity index (χ0v) is 14.6. The van der Waals surface area contributed by atoms with E-state index in [0.29, 0.717) is 25.6 Å². The van der Waals surface area contributed by atoms with Gasteiger partial charge in [-0.3, -0.25) is 4.79 Å². The molecule has 0 spiro atoms. The predicted molar refractivity (Wildman–Crippen MR) is 93.7 cm³/mol. The van der Waals surface area contributed by atoms with Gasteiger partial charge in [-0.25, -0.2) is 4.39 Å². The maximum atomic E-state index is 13.2. The van der Waals surface area contributed by atoms with Crippen molar-refractivity contribution in [3.05, 3.63) is 35.6 Å². The molecule has 1 aromatic rings. The van der Waals surface area contributed by atoms with Crippen molar-refractivity contribution < 1.29 is 13.9 Å².